The van der Waals surface area contributed by atoms with Gasteiger partial charge in [-0.15, -0.1) is 11.3 Å². The van der Waals surface area contributed by atoms with Crippen LogP contribution in [0.25, 0.3) is 0 Å². The molecule has 20 heavy (non-hydrogen) atoms. The van der Waals surface area contributed by atoms with Crippen LogP contribution in [0.15, 0.2) is 46.2 Å². The van der Waals surface area contributed by atoms with Gasteiger partial charge in [-0.3, -0.25) is 4.79 Å². The number of nitrogens with one attached hydrogen (secondary N) is 1. The normalized spacial score (nSPS) is 13.0. The van der Waals surface area contributed by atoms with E-state index in [1.807, 2.05) is 0 Å². The SMILES string of the molecule is O=C(O)C[C@H](NS(=O)(=O)c1cscn1)c1ccccc1. The topological polar surface area (TPSA) is 96.4 Å². The molecule has 0 aliphatic heterocycles. The zero-order valence-corrected chi connectivity index (χ0v) is 11.9. The van der Waals surface area contributed by atoms with Gasteiger partial charge in [0.1, 0.15) is 0 Å². The Balaban J connectivity index is 2.27. The van der Waals surface area contributed by atoms with Crippen molar-refractivity contribution in [2.45, 2.75) is 17.5 Å². The molecule has 0 amide bonds. The highest BCUT2D eigenvalue weighted by Crippen LogP contribution is 2.20. The van der Waals surface area contributed by atoms with Crippen molar-refractivity contribution in [1.82, 2.24) is 9.71 Å². The summed E-state index contributed by atoms with van der Waals surface area (Å²) in [6.07, 6.45) is -0.340. The van der Waals surface area contributed by atoms with Crippen LogP contribution >= 0.6 is 11.3 Å². The summed E-state index contributed by atoms with van der Waals surface area (Å²) in [7, 11) is -3.82. The Labute approximate surface area is 120 Å². The minimum absolute atomic E-state index is 0.103. The maximum absolute atomic E-state index is 12.1. The van der Waals surface area contributed by atoms with Gasteiger partial charge in [-0.2, -0.15) is 0 Å². The number of carboxylic acid groups (broad SMARTS) is 1. The highest BCUT2D eigenvalue weighted by molar-refractivity contribution is 7.89. The number of nitrogens with zero attached hydrogens (tertiary/aromatic N) is 1. The molecule has 1 heterocycles. The fraction of sp³-hybridized carbons (Fsp3) is 0.167. The van der Waals surface area contributed by atoms with Gasteiger partial charge in [0.15, 0.2) is 5.03 Å². The van der Waals surface area contributed by atoms with E-state index in [0.717, 1.165) is 11.3 Å². The molecule has 0 spiro atoms. The zero-order valence-electron chi connectivity index (χ0n) is 10.3. The number of rotatable bonds is 6. The van der Waals surface area contributed by atoms with Gasteiger partial charge in [0.25, 0.3) is 10.0 Å². The minimum atomic E-state index is -3.82. The third kappa shape index (κ3) is 3.62. The summed E-state index contributed by atoms with van der Waals surface area (Å²) < 4.78 is 26.6. The number of sulfonamides is 1. The Kier molecular flexibility index (Phi) is 4.48. The molecule has 1 aromatic heterocycles. The lowest BCUT2D eigenvalue weighted by atomic mass is 10.1. The third-order valence-electron chi connectivity index (χ3n) is 2.56. The van der Waals surface area contributed by atoms with Crippen LogP contribution < -0.4 is 4.72 Å². The van der Waals surface area contributed by atoms with E-state index in [-0.39, 0.29) is 11.4 Å². The van der Waals surface area contributed by atoms with Crippen molar-refractivity contribution >= 4 is 27.3 Å². The van der Waals surface area contributed by atoms with Crippen LogP contribution in [0.5, 0.6) is 0 Å². The number of thiazole rings is 1. The summed E-state index contributed by atoms with van der Waals surface area (Å²) in [5, 5.41) is 10.2. The number of carbonyl (C=O) groups is 1. The molecule has 0 unspecified atom stereocenters. The molecule has 2 N–H and O–H groups in total. The maximum Gasteiger partial charge on any atom is 0.305 e. The molecule has 2 rings (SSSR count). The second-order valence-corrected chi connectivity index (χ2v) is 6.39. The van der Waals surface area contributed by atoms with Crippen LogP contribution in [-0.2, 0) is 14.8 Å². The van der Waals surface area contributed by atoms with Crippen LogP contribution in [0, 0.1) is 0 Å². The first-order chi connectivity index (χ1) is 9.49. The van der Waals surface area contributed by atoms with Crippen molar-refractivity contribution in [3.05, 3.63) is 46.8 Å². The van der Waals surface area contributed by atoms with Gasteiger partial charge in [-0.1, -0.05) is 30.3 Å². The molecular weight excluding hydrogens is 300 g/mol. The fourth-order valence-corrected chi connectivity index (χ4v) is 3.73. The van der Waals surface area contributed by atoms with E-state index in [1.165, 1.54) is 10.9 Å². The lowest BCUT2D eigenvalue weighted by molar-refractivity contribution is -0.137. The lowest BCUT2D eigenvalue weighted by Crippen LogP contribution is -2.30. The van der Waals surface area contributed by atoms with Crippen molar-refractivity contribution in [2.24, 2.45) is 0 Å². The van der Waals surface area contributed by atoms with Crippen molar-refractivity contribution in [3.63, 3.8) is 0 Å². The van der Waals surface area contributed by atoms with Gasteiger partial charge < -0.3 is 5.11 Å². The highest BCUT2D eigenvalue weighted by atomic mass is 32.2. The zero-order chi connectivity index (χ0) is 14.6. The molecule has 0 aliphatic rings. The highest BCUT2D eigenvalue weighted by Gasteiger charge is 2.24. The Morgan fingerprint density at radius 2 is 2.05 bits per heavy atom. The molecule has 0 bridgehead atoms. The lowest BCUT2D eigenvalue weighted by Gasteiger charge is -2.16. The fourth-order valence-electron chi connectivity index (χ4n) is 1.67. The van der Waals surface area contributed by atoms with Crippen molar-refractivity contribution in [2.75, 3.05) is 0 Å². The Morgan fingerprint density at radius 3 is 2.60 bits per heavy atom. The molecule has 8 heteroatoms. The molecule has 2 aromatic rings. The van der Waals surface area contributed by atoms with Crippen LogP contribution in [-0.4, -0.2) is 24.5 Å². The number of benzene rings is 1. The average Bonchev–Trinajstić information content (AvgIpc) is 2.93. The van der Waals surface area contributed by atoms with Gasteiger partial charge in [-0.25, -0.2) is 18.1 Å². The standard InChI is InChI=1S/C12H12N2O4S2/c15-12(16)6-10(9-4-2-1-3-5-9)14-20(17,18)11-7-19-8-13-11/h1-5,7-8,10,14H,6H2,(H,15,16)/t10-/m0/s1. The number of carboxylic acids is 1. The molecule has 1 atom stereocenters. The van der Waals surface area contributed by atoms with E-state index in [0.29, 0.717) is 5.56 Å². The van der Waals surface area contributed by atoms with Crippen LogP contribution in [0.1, 0.15) is 18.0 Å². The number of aliphatic carboxylic acids is 1. The molecule has 0 saturated carbocycles. The molecule has 0 aliphatic carbocycles. The van der Waals surface area contributed by atoms with E-state index in [4.69, 9.17) is 5.11 Å². The average molecular weight is 312 g/mol. The molecular formula is C12H12N2O4S2. The van der Waals surface area contributed by atoms with Gasteiger partial charge in [-0.05, 0) is 5.56 Å². The summed E-state index contributed by atoms with van der Waals surface area (Å²) in [4.78, 5) is 14.6. The van der Waals surface area contributed by atoms with E-state index in [2.05, 4.69) is 9.71 Å². The van der Waals surface area contributed by atoms with Crippen molar-refractivity contribution in [3.8, 4) is 0 Å². The quantitative estimate of drug-likeness (QED) is 0.845. The summed E-state index contributed by atoms with van der Waals surface area (Å²) in [5.74, 6) is -1.08. The van der Waals surface area contributed by atoms with Crippen molar-refractivity contribution in [1.29, 1.82) is 0 Å². The molecule has 106 valence electrons. The van der Waals surface area contributed by atoms with Crippen LogP contribution in [0.4, 0.5) is 0 Å². The van der Waals surface area contributed by atoms with E-state index in [9.17, 15) is 13.2 Å². The number of hydrogen-bond donors (Lipinski definition) is 2. The minimum Gasteiger partial charge on any atom is -0.481 e. The number of hydrogen-bond acceptors (Lipinski definition) is 5. The third-order valence-corrected chi connectivity index (χ3v) is 4.67. The van der Waals surface area contributed by atoms with Crippen LogP contribution in [0.3, 0.4) is 0 Å². The Hall–Kier alpha value is -1.77. The smallest absolute Gasteiger partial charge is 0.305 e. The predicted octanol–water partition coefficient (Wildman–Crippen LogP) is 1.64. The van der Waals surface area contributed by atoms with Gasteiger partial charge >= 0.3 is 5.97 Å². The molecule has 6 nitrogen and oxygen atoms in total. The number of aromatic nitrogens is 1. The van der Waals surface area contributed by atoms with E-state index in [1.54, 1.807) is 30.3 Å². The van der Waals surface area contributed by atoms with Crippen molar-refractivity contribution < 1.29 is 18.3 Å². The van der Waals surface area contributed by atoms with Gasteiger partial charge in [0.05, 0.1) is 18.0 Å². The Bertz CT molecular complexity index is 669. The van der Waals surface area contributed by atoms with E-state index >= 15 is 0 Å². The second kappa shape index (κ2) is 6.12. The van der Waals surface area contributed by atoms with Gasteiger partial charge in [0.2, 0.25) is 0 Å². The van der Waals surface area contributed by atoms with Crippen LogP contribution in [0.2, 0.25) is 0 Å². The Morgan fingerprint density at radius 1 is 1.35 bits per heavy atom. The van der Waals surface area contributed by atoms with E-state index < -0.39 is 22.0 Å². The monoisotopic (exact) mass is 312 g/mol. The van der Waals surface area contributed by atoms with Gasteiger partial charge in [0, 0.05) is 5.38 Å². The molecule has 0 saturated heterocycles. The first kappa shape index (κ1) is 14.6. The molecule has 0 radical (unpaired) electrons. The molecule has 1 aromatic carbocycles. The predicted molar refractivity (Wildman–Crippen MR) is 73.9 cm³/mol. The maximum atomic E-state index is 12.1. The summed E-state index contributed by atoms with van der Waals surface area (Å²) in [6.45, 7) is 0. The summed E-state index contributed by atoms with van der Waals surface area (Å²) in [6, 6.07) is 7.74. The summed E-state index contributed by atoms with van der Waals surface area (Å²) in [5.41, 5.74) is 2.00. The second-order valence-electron chi connectivity index (χ2n) is 4.01. The first-order valence-electron chi connectivity index (χ1n) is 5.66. The summed E-state index contributed by atoms with van der Waals surface area (Å²) >= 11 is 1.16. The molecule has 0 fully saturated rings. The first-order valence-corrected chi connectivity index (χ1v) is 8.09. The largest absolute Gasteiger partial charge is 0.481 e.